The molecule has 1 aromatic carbocycles. The van der Waals surface area contributed by atoms with Crippen LogP contribution in [-0.4, -0.2) is 21.8 Å². The Morgan fingerprint density at radius 3 is 2.77 bits per heavy atom. The van der Waals surface area contributed by atoms with E-state index in [-0.39, 0.29) is 21.4 Å². The van der Waals surface area contributed by atoms with E-state index in [1.165, 1.54) is 25.1 Å². The molecule has 10 heteroatoms. The number of hydrogen-bond acceptors (Lipinski definition) is 8. The Kier molecular flexibility index (Phi) is 4.32. The van der Waals surface area contributed by atoms with Crippen LogP contribution >= 0.6 is 11.3 Å². The largest absolute Gasteiger partial charge is 0.426 e. The van der Waals surface area contributed by atoms with Crippen LogP contribution in [0.3, 0.4) is 0 Å². The second-order valence-electron chi connectivity index (χ2n) is 4.06. The summed E-state index contributed by atoms with van der Waals surface area (Å²) < 4.78 is 4.92. The lowest BCUT2D eigenvalue weighted by atomic mass is 10.1. The highest BCUT2D eigenvalue weighted by atomic mass is 32.1. The molecule has 1 amide bonds. The van der Waals surface area contributed by atoms with E-state index >= 15 is 0 Å². The quantitative estimate of drug-likeness (QED) is 0.288. The maximum Gasteiger partial charge on any atom is 0.345 e. The van der Waals surface area contributed by atoms with Gasteiger partial charge in [0.15, 0.2) is 5.13 Å². The van der Waals surface area contributed by atoms with Gasteiger partial charge in [-0.1, -0.05) is 0 Å². The van der Waals surface area contributed by atoms with Crippen molar-refractivity contribution in [3.63, 3.8) is 0 Å². The van der Waals surface area contributed by atoms with E-state index in [0.29, 0.717) is 17.0 Å². The molecule has 0 fully saturated rings. The zero-order valence-corrected chi connectivity index (χ0v) is 12.0. The highest BCUT2D eigenvalue weighted by molar-refractivity contribution is 7.18. The molecule has 9 nitrogen and oxygen atoms in total. The molecular weight excluding hydrogens is 312 g/mol. The molecule has 0 saturated heterocycles. The molecule has 0 saturated carbocycles. The molecule has 0 radical (unpaired) electrons. The first kappa shape index (κ1) is 15.4. The van der Waals surface area contributed by atoms with Crippen LogP contribution in [0.15, 0.2) is 24.4 Å². The Bertz CT molecular complexity index is 758. The molecule has 114 valence electrons. The Morgan fingerprint density at radius 2 is 2.18 bits per heavy atom. The minimum Gasteiger partial charge on any atom is -0.426 e. The molecule has 0 atom stereocenters. The molecule has 1 heterocycles. The van der Waals surface area contributed by atoms with Gasteiger partial charge in [0, 0.05) is 12.6 Å². The van der Waals surface area contributed by atoms with E-state index in [4.69, 9.17) is 10.5 Å². The molecule has 0 unspecified atom stereocenters. The lowest BCUT2D eigenvalue weighted by molar-refractivity contribution is -0.380. The predicted octanol–water partition coefficient (Wildman–Crippen LogP) is 1.81. The van der Waals surface area contributed by atoms with Crippen molar-refractivity contribution in [3.05, 3.63) is 40.1 Å². The number of anilines is 2. The van der Waals surface area contributed by atoms with Crippen LogP contribution in [0.25, 0.3) is 0 Å². The number of hydrogen-bond donors (Lipinski definition) is 2. The number of carbonyl (C=O) groups excluding carboxylic acids is 2. The van der Waals surface area contributed by atoms with Crippen molar-refractivity contribution >= 4 is 39.0 Å². The van der Waals surface area contributed by atoms with E-state index in [1.807, 2.05) is 0 Å². The Hall–Kier alpha value is -3.01. The first-order chi connectivity index (χ1) is 10.4. The number of esters is 1. The monoisotopic (exact) mass is 322 g/mol. The van der Waals surface area contributed by atoms with Gasteiger partial charge in [-0.3, -0.25) is 25.0 Å². The van der Waals surface area contributed by atoms with Gasteiger partial charge in [0.2, 0.25) is 0 Å². The fraction of sp³-hybridized carbons (Fsp3) is 0.0833. The van der Waals surface area contributed by atoms with E-state index in [9.17, 15) is 19.7 Å². The Morgan fingerprint density at radius 1 is 1.45 bits per heavy atom. The van der Waals surface area contributed by atoms with E-state index in [0.717, 1.165) is 6.20 Å². The predicted molar refractivity (Wildman–Crippen MR) is 78.9 cm³/mol. The molecule has 0 aliphatic heterocycles. The van der Waals surface area contributed by atoms with Crippen LogP contribution in [0.2, 0.25) is 0 Å². The van der Waals surface area contributed by atoms with Crippen LogP contribution in [0.1, 0.15) is 17.3 Å². The summed E-state index contributed by atoms with van der Waals surface area (Å²) in [6.07, 6.45) is 1.03. The lowest BCUT2D eigenvalue weighted by Gasteiger charge is -2.09. The Labute approximate surface area is 127 Å². The summed E-state index contributed by atoms with van der Waals surface area (Å²) in [4.78, 5) is 36.9. The third-order valence-corrected chi connectivity index (χ3v) is 3.26. The number of thiazole rings is 1. The summed E-state index contributed by atoms with van der Waals surface area (Å²) in [5.74, 6) is -1.21. The molecule has 2 aromatic rings. The third kappa shape index (κ3) is 3.55. The van der Waals surface area contributed by atoms with Gasteiger partial charge in [0.1, 0.15) is 11.9 Å². The number of carbonyl (C=O) groups is 2. The number of rotatable bonds is 4. The average molecular weight is 322 g/mol. The SMILES string of the molecule is CC(=O)Oc1ccc(N)cc1C(=O)Nc1ncc([N+](=O)[O-])s1. The highest BCUT2D eigenvalue weighted by Gasteiger charge is 2.18. The topological polar surface area (TPSA) is 137 Å². The third-order valence-electron chi connectivity index (χ3n) is 2.40. The van der Waals surface area contributed by atoms with Crippen molar-refractivity contribution in [1.29, 1.82) is 0 Å². The summed E-state index contributed by atoms with van der Waals surface area (Å²) in [5, 5.41) is 12.8. The van der Waals surface area contributed by atoms with Crippen LogP contribution in [0, 0.1) is 10.1 Å². The van der Waals surface area contributed by atoms with Crippen LogP contribution < -0.4 is 15.8 Å². The zero-order valence-electron chi connectivity index (χ0n) is 11.2. The number of ether oxygens (including phenoxy) is 1. The van der Waals surface area contributed by atoms with Gasteiger partial charge >= 0.3 is 11.0 Å². The minimum atomic E-state index is -0.646. The van der Waals surface area contributed by atoms with E-state index < -0.39 is 16.8 Å². The van der Waals surface area contributed by atoms with Gasteiger partial charge in [-0.25, -0.2) is 4.98 Å². The van der Waals surface area contributed by atoms with Crippen molar-refractivity contribution < 1.29 is 19.2 Å². The zero-order chi connectivity index (χ0) is 16.3. The highest BCUT2D eigenvalue weighted by Crippen LogP contribution is 2.27. The first-order valence-electron chi connectivity index (χ1n) is 5.86. The first-order valence-corrected chi connectivity index (χ1v) is 6.68. The number of aromatic nitrogens is 1. The van der Waals surface area contributed by atoms with Crippen molar-refractivity contribution in [2.45, 2.75) is 6.92 Å². The van der Waals surface area contributed by atoms with E-state index in [1.54, 1.807) is 0 Å². The molecular formula is C12H10N4O5S. The van der Waals surface area contributed by atoms with E-state index in [2.05, 4.69) is 10.3 Å². The van der Waals surface area contributed by atoms with Gasteiger partial charge in [0.25, 0.3) is 5.91 Å². The molecule has 0 aliphatic carbocycles. The van der Waals surface area contributed by atoms with Crippen molar-refractivity contribution in [2.75, 3.05) is 11.1 Å². The molecule has 2 rings (SSSR count). The molecule has 3 N–H and O–H groups in total. The minimum absolute atomic E-state index is 0.0213. The van der Waals surface area contributed by atoms with Crippen molar-refractivity contribution in [3.8, 4) is 5.75 Å². The molecule has 1 aromatic heterocycles. The molecule has 0 bridgehead atoms. The normalized spacial score (nSPS) is 10.0. The number of nitro groups is 1. The van der Waals surface area contributed by atoms with Crippen LogP contribution in [-0.2, 0) is 4.79 Å². The molecule has 0 aliphatic rings. The van der Waals surface area contributed by atoms with Gasteiger partial charge in [0.05, 0.1) is 10.5 Å². The number of amides is 1. The van der Waals surface area contributed by atoms with Gasteiger partial charge in [-0.05, 0) is 29.5 Å². The fourth-order valence-corrected chi connectivity index (χ4v) is 2.17. The fourth-order valence-electron chi connectivity index (χ4n) is 1.54. The number of benzene rings is 1. The number of nitrogens with two attached hydrogens (primary N) is 1. The second kappa shape index (κ2) is 6.18. The van der Waals surface area contributed by atoms with Gasteiger partial charge < -0.3 is 10.5 Å². The molecule has 22 heavy (non-hydrogen) atoms. The summed E-state index contributed by atoms with van der Waals surface area (Å²) in [7, 11) is 0. The summed E-state index contributed by atoms with van der Waals surface area (Å²) in [6.45, 7) is 1.20. The van der Waals surface area contributed by atoms with Crippen LogP contribution in [0.4, 0.5) is 15.8 Å². The average Bonchev–Trinajstić information content (AvgIpc) is 2.89. The van der Waals surface area contributed by atoms with Crippen molar-refractivity contribution in [2.24, 2.45) is 0 Å². The maximum atomic E-state index is 12.2. The smallest absolute Gasteiger partial charge is 0.345 e. The summed E-state index contributed by atoms with van der Waals surface area (Å²) in [6, 6.07) is 4.19. The Balaban J connectivity index is 2.26. The number of nitrogen functional groups attached to an aromatic ring is 1. The standard InChI is InChI=1S/C12H10N4O5S/c1-6(17)21-9-3-2-7(13)4-8(9)11(18)15-12-14-5-10(22-12)16(19)20/h2-5H,13H2,1H3,(H,14,15,18). The number of nitrogens with one attached hydrogen (secondary N) is 1. The summed E-state index contributed by atoms with van der Waals surface area (Å²) in [5.41, 5.74) is 5.93. The summed E-state index contributed by atoms with van der Waals surface area (Å²) >= 11 is 0.707. The lowest BCUT2D eigenvalue weighted by Crippen LogP contribution is -2.15. The number of nitrogens with zero attached hydrogens (tertiary/aromatic N) is 2. The molecule has 0 spiro atoms. The maximum absolute atomic E-state index is 12.2. The van der Waals surface area contributed by atoms with Gasteiger partial charge in [-0.2, -0.15) is 0 Å². The van der Waals surface area contributed by atoms with Crippen molar-refractivity contribution in [1.82, 2.24) is 4.98 Å². The second-order valence-corrected chi connectivity index (χ2v) is 5.07. The van der Waals surface area contributed by atoms with Crippen LogP contribution in [0.5, 0.6) is 5.75 Å². The van der Waals surface area contributed by atoms with Gasteiger partial charge in [-0.15, -0.1) is 0 Å².